The molecule has 0 amide bonds. The number of hydrogen-bond donors (Lipinski definition) is 1. The standard InChI is InChI=1S/C12H13F6NO/c13-9-2-1-3-10(14)8(9)4-7(19)5-20-6-12(17,18)11(15)16/h1-3,7,11H,4-6,19H2. The van der Waals surface area contributed by atoms with Crippen molar-refractivity contribution in [3.05, 3.63) is 35.4 Å². The maximum absolute atomic E-state index is 13.3. The van der Waals surface area contributed by atoms with Crippen LogP contribution in [0.1, 0.15) is 5.56 Å². The Hall–Kier alpha value is -1.28. The molecule has 0 saturated carbocycles. The lowest BCUT2D eigenvalue weighted by molar-refractivity contribution is -0.166. The van der Waals surface area contributed by atoms with Crippen LogP contribution in [0, 0.1) is 11.6 Å². The van der Waals surface area contributed by atoms with Crippen molar-refractivity contribution in [3.8, 4) is 0 Å². The molecule has 0 radical (unpaired) electrons. The van der Waals surface area contributed by atoms with E-state index >= 15 is 0 Å². The molecule has 2 nitrogen and oxygen atoms in total. The molecule has 1 aromatic carbocycles. The normalized spacial score (nSPS) is 13.8. The zero-order valence-corrected chi connectivity index (χ0v) is 10.3. The third-order valence-corrected chi connectivity index (χ3v) is 2.47. The Bertz CT molecular complexity index is 420. The molecule has 0 aliphatic rings. The predicted molar refractivity (Wildman–Crippen MR) is 59.8 cm³/mol. The molecule has 8 heteroatoms. The van der Waals surface area contributed by atoms with Gasteiger partial charge < -0.3 is 10.5 Å². The molecule has 0 heterocycles. The van der Waals surface area contributed by atoms with Crippen LogP contribution < -0.4 is 5.73 Å². The van der Waals surface area contributed by atoms with Crippen LogP contribution in [0.2, 0.25) is 0 Å². The van der Waals surface area contributed by atoms with E-state index in [2.05, 4.69) is 4.74 Å². The quantitative estimate of drug-likeness (QED) is 0.786. The average Bonchev–Trinajstić information content (AvgIpc) is 2.33. The summed E-state index contributed by atoms with van der Waals surface area (Å²) in [7, 11) is 0. The highest BCUT2D eigenvalue weighted by Crippen LogP contribution is 2.23. The number of benzene rings is 1. The summed E-state index contributed by atoms with van der Waals surface area (Å²) in [6.45, 7) is -2.02. The largest absolute Gasteiger partial charge is 0.373 e. The van der Waals surface area contributed by atoms with Crippen molar-refractivity contribution in [2.45, 2.75) is 24.8 Å². The summed E-state index contributed by atoms with van der Waals surface area (Å²) < 4.78 is 79.6. The van der Waals surface area contributed by atoms with Gasteiger partial charge in [0.15, 0.2) is 0 Å². The van der Waals surface area contributed by atoms with Gasteiger partial charge in [0.25, 0.3) is 0 Å². The lowest BCUT2D eigenvalue weighted by Gasteiger charge is -2.17. The summed E-state index contributed by atoms with van der Waals surface area (Å²) in [5.74, 6) is -5.92. The Kier molecular flexibility index (Phi) is 5.82. The van der Waals surface area contributed by atoms with Gasteiger partial charge >= 0.3 is 12.3 Å². The highest BCUT2D eigenvalue weighted by Gasteiger charge is 2.41. The lowest BCUT2D eigenvalue weighted by atomic mass is 10.1. The van der Waals surface area contributed by atoms with Gasteiger partial charge in [0.1, 0.15) is 18.2 Å². The van der Waals surface area contributed by atoms with E-state index in [1.165, 1.54) is 6.07 Å². The Morgan fingerprint density at radius 1 is 1.15 bits per heavy atom. The van der Waals surface area contributed by atoms with Crippen LogP contribution in [0.3, 0.4) is 0 Å². The van der Waals surface area contributed by atoms with Crippen molar-refractivity contribution in [1.82, 2.24) is 0 Å². The van der Waals surface area contributed by atoms with Gasteiger partial charge in [-0.25, -0.2) is 17.6 Å². The van der Waals surface area contributed by atoms with E-state index in [0.29, 0.717) is 0 Å². The molecular weight excluding hydrogens is 288 g/mol. The fraction of sp³-hybridized carbons (Fsp3) is 0.500. The van der Waals surface area contributed by atoms with Crippen LogP contribution in [0.25, 0.3) is 0 Å². The van der Waals surface area contributed by atoms with Crippen molar-refractivity contribution < 1.29 is 31.1 Å². The van der Waals surface area contributed by atoms with Gasteiger partial charge in [-0.1, -0.05) is 6.07 Å². The Labute approximate surface area is 111 Å². The van der Waals surface area contributed by atoms with Crippen molar-refractivity contribution in [2.24, 2.45) is 5.73 Å². The molecule has 0 fully saturated rings. The van der Waals surface area contributed by atoms with Crippen molar-refractivity contribution in [1.29, 1.82) is 0 Å². The van der Waals surface area contributed by atoms with Crippen LogP contribution in [-0.2, 0) is 11.2 Å². The van der Waals surface area contributed by atoms with E-state index in [4.69, 9.17) is 5.73 Å². The third-order valence-electron chi connectivity index (χ3n) is 2.47. The minimum atomic E-state index is -4.27. The molecule has 1 aromatic rings. The molecule has 1 rings (SSSR count). The SMILES string of the molecule is NC(COCC(F)(F)C(F)F)Cc1c(F)cccc1F. The van der Waals surface area contributed by atoms with E-state index < -0.39 is 43.2 Å². The fourth-order valence-corrected chi connectivity index (χ4v) is 1.46. The fourth-order valence-electron chi connectivity index (χ4n) is 1.46. The molecule has 20 heavy (non-hydrogen) atoms. The zero-order chi connectivity index (χ0) is 15.3. The lowest BCUT2D eigenvalue weighted by Crippen LogP contribution is -2.36. The smallest absolute Gasteiger partial charge is 0.330 e. The van der Waals surface area contributed by atoms with Gasteiger partial charge in [0.05, 0.1) is 6.61 Å². The molecule has 0 saturated heterocycles. The van der Waals surface area contributed by atoms with Gasteiger partial charge in [-0.15, -0.1) is 0 Å². The number of nitrogens with two attached hydrogens (primary N) is 1. The van der Waals surface area contributed by atoms with Crippen LogP contribution in [0.5, 0.6) is 0 Å². The molecule has 114 valence electrons. The summed E-state index contributed by atoms with van der Waals surface area (Å²) >= 11 is 0. The van der Waals surface area contributed by atoms with E-state index in [0.717, 1.165) is 12.1 Å². The second-order valence-electron chi connectivity index (χ2n) is 4.24. The van der Waals surface area contributed by atoms with Gasteiger partial charge in [-0.05, 0) is 18.6 Å². The minimum Gasteiger partial charge on any atom is -0.373 e. The first-order valence-corrected chi connectivity index (χ1v) is 5.66. The van der Waals surface area contributed by atoms with Crippen molar-refractivity contribution in [2.75, 3.05) is 13.2 Å². The molecule has 0 spiro atoms. The third kappa shape index (κ3) is 4.68. The second kappa shape index (κ2) is 6.94. The van der Waals surface area contributed by atoms with Crippen molar-refractivity contribution in [3.63, 3.8) is 0 Å². The van der Waals surface area contributed by atoms with Gasteiger partial charge in [0, 0.05) is 11.6 Å². The monoisotopic (exact) mass is 301 g/mol. The van der Waals surface area contributed by atoms with Crippen LogP contribution in [0.4, 0.5) is 26.3 Å². The maximum Gasteiger partial charge on any atom is 0.330 e. The Morgan fingerprint density at radius 3 is 2.20 bits per heavy atom. The maximum atomic E-state index is 13.3. The highest BCUT2D eigenvalue weighted by molar-refractivity contribution is 5.20. The zero-order valence-electron chi connectivity index (χ0n) is 10.3. The van der Waals surface area contributed by atoms with Crippen molar-refractivity contribution >= 4 is 0 Å². The van der Waals surface area contributed by atoms with Gasteiger partial charge in [-0.2, -0.15) is 8.78 Å². The van der Waals surface area contributed by atoms with E-state index in [-0.39, 0.29) is 12.0 Å². The predicted octanol–water partition coefficient (Wildman–Crippen LogP) is 2.75. The number of alkyl halides is 4. The number of ether oxygens (including phenoxy) is 1. The first-order valence-electron chi connectivity index (χ1n) is 5.66. The molecule has 0 aliphatic heterocycles. The molecule has 0 aliphatic carbocycles. The van der Waals surface area contributed by atoms with Crippen LogP contribution in [-0.4, -0.2) is 31.6 Å². The topological polar surface area (TPSA) is 35.2 Å². The van der Waals surface area contributed by atoms with E-state index in [1.54, 1.807) is 0 Å². The summed E-state index contributed by atoms with van der Waals surface area (Å²) in [6.07, 6.45) is -4.14. The van der Waals surface area contributed by atoms with E-state index in [1.807, 2.05) is 0 Å². The second-order valence-corrected chi connectivity index (χ2v) is 4.24. The molecule has 1 atom stereocenters. The number of rotatable bonds is 7. The first-order chi connectivity index (χ1) is 9.24. The molecule has 0 bridgehead atoms. The van der Waals surface area contributed by atoms with Crippen LogP contribution in [0.15, 0.2) is 18.2 Å². The van der Waals surface area contributed by atoms with Crippen LogP contribution >= 0.6 is 0 Å². The summed E-state index contributed by atoms with van der Waals surface area (Å²) in [5, 5.41) is 0. The first kappa shape index (κ1) is 16.8. The molecule has 0 aromatic heterocycles. The van der Waals surface area contributed by atoms with Gasteiger partial charge in [0.2, 0.25) is 0 Å². The summed E-state index contributed by atoms with van der Waals surface area (Å²) in [6, 6.07) is 2.22. The molecule has 1 unspecified atom stereocenters. The Morgan fingerprint density at radius 2 is 1.70 bits per heavy atom. The van der Waals surface area contributed by atoms with E-state index in [9.17, 15) is 26.3 Å². The Balaban J connectivity index is 2.47. The molecular formula is C12H13F6NO. The summed E-state index contributed by atoms with van der Waals surface area (Å²) in [4.78, 5) is 0. The molecule has 2 N–H and O–H groups in total. The number of halogens is 6. The van der Waals surface area contributed by atoms with Gasteiger partial charge in [-0.3, -0.25) is 0 Å². The average molecular weight is 301 g/mol. The summed E-state index contributed by atoms with van der Waals surface area (Å²) in [5.41, 5.74) is 5.16. The highest BCUT2D eigenvalue weighted by atomic mass is 19.3. The minimum absolute atomic E-state index is 0.293. The number of hydrogen-bond acceptors (Lipinski definition) is 2.